The predicted octanol–water partition coefficient (Wildman–Crippen LogP) is 4.15. The number of benzene rings is 1. The highest BCUT2D eigenvalue weighted by Crippen LogP contribution is 2.38. The Hall–Kier alpha value is -2.95. The third-order valence-electron chi connectivity index (χ3n) is 6.07. The van der Waals surface area contributed by atoms with Gasteiger partial charge in [-0.25, -0.2) is 0 Å². The van der Waals surface area contributed by atoms with Crippen molar-refractivity contribution in [3.05, 3.63) is 66.1 Å². The average molecular weight is 373 g/mol. The number of piperidine rings is 1. The lowest BCUT2D eigenvalue weighted by molar-refractivity contribution is 0.0358. The van der Waals surface area contributed by atoms with Crippen molar-refractivity contribution in [3.8, 4) is 5.75 Å². The van der Waals surface area contributed by atoms with E-state index in [0.717, 1.165) is 53.5 Å². The normalized spacial score (nSPS) is 23.8. The molecule has 3 aromatic rings. The molecular formula is C23H23N3O2. The Kier molecular flexibility index (Phi) is 4.23. The van der Waals surface area contributed by atoms with E-state index in [2.05, 4.69) is 21.8 Å². The van der Waals surface area contributed by atoms with Gasteiger partial charge in [-0.3, -0.25) is 14.8 Å². The van der Waals surface area contributed by atoms with Crippen LogP contribution in [0.15, 0.2) is 55.0 Å². The number of amides is 1. The van der Waals surface area contributed by atoms with Crippen LogP contribution in [0.5, 0.6) is 5.75 Å². The molecule has 0 unspecified atom stereocenters. The molecule has 5 heteroatoms. The molecular weight excluding hydrogens is 350 g/mol. The van der Waals surface area contributed by atoms with Gasteiger partial charge in [0.25, 0.3) is 5.91 Å². The zero-order chi connectivity index (χ0) is 19.1. The molecule has 2 aliphatic rings. The van der Waals surface area contributed by atoms with Crippen molar-refractivity contribution in [1.29, 1.82) is 0 Å². The second-order valence-electron chi connectivity index (χ2n) is 7.86. The van der Waals surface area contributed by atoms with Gasteiger partial charge < -0.3 is 9.64 Å². The minimum Gasteiger partial charge on any atom is -0.489 e. The van der Waals surface area contributed by atoms with Crippen molar-refractivity contribution in [3.63, 3.8) is 0 Å². The van der Waals surface area contributed by atoms with Gasteiger partial charge in [-0.15, -0.1) is 0 Å². The summed E-state index contributed by atoms with van der Waals surface area (Å²) >= 11 is 0. The molecule has 0 radical (unpaired) electrons. The molecule has 0 N–H and O–H groups in total. The molecule has 28 heavy (non-hydrogen) atoms. The number of nitrogens with zero attached hydrogens (tertiary/aromatic N) is 3. The molecule has 2 aliphatic heterocycles. The summed E-state index contributed by atoms with van der Waals surface area (Å²) in [5.41, 5.74) is 2.83. The standard InChI is InChI=1S/C23H23N3O2/c1-15-8-10-25-22-7-4-16(11-21(15)22)23(27)26-17-5-6-18(26)13-20(12-17)28-19-3-2-9-24-14-19/h2-4,7-11,14,17-18,20H,5-6,12-13H2,1H3/t17-,18-/m0/s1. The summed E-state index contributed by atoms with van der Waals surface area (Å²) in [6.07, 6.45) is 9.33. The maximum atomic E-state index is 13.3. The lowest BCUT2D eigenvalue weighted by Gasteiger charge is -2.39. The van der Waals surface area contributed by atoms with Crippen LogP contribution in [0, 0.1) is 6.92 Å². The first-order chi connectivity index (χ1) is 13.7. The highest BCUT2D eigenvalue weighted by Gasteiger charge is 2.44. The van der Waals surface area contributed by atoms with Gasteiger partial charge in [0.05, 0.1) is 11.7 Å². The molecule has 5 nitrogen and oxygen atoms in total. The first-order valence-electron chi connectivity index (χ1n) is 9.94. The van der Waals surface area contributed by atoms with Gasteiger partial charge >= 0.3 is 0 Å². The fourth-order valence-electron chi connectivity index (χ4n) is 4.73. The monoisotopic (exact) mass is 373 g/mol. The van der Waals surface area contributed by atoms with Crippen molar-refractivity contribution in [2.24, 2.45) is 0 Å². The molecule has 5 rings (SSSR count). The molecule has 1 aromatic carbocycles. The molecule has 142 valence electrons. The van der Waals surface area contributed by atoms with Gasteiger partial charge in [-0.2, -0.15) is 0 Å². The first-order valence-corrected chi connectivity index (χ1v) is 9.94. The van der Waals surface area contributed by atoms with Crippen LogP contribution < -0.4 is 4.74 Å². The lowest BCUT2D eigenvalue weighted by Crippen LogP contribution is -2.49. The van der Waals surface area contributed by atoms with Gasteiger partial charge in [0.15, 0.2) is 0 Å². The fourth-order valence-corrected chi connectivity index (χ4v) is 4.73. The Morgan fingerprint density at radius 2 is 1.93 bits per heavy atom. The fraction of sp³-hybridized carbons (Fsp3) is 0.348. The predicted molar refractivity (Wildman–Crippen MR) is 107 cm³/mol. The van der Waals surface area contributed by atoms with E-state index < -0.39 is 0 Å². The zero-order valence-electron chi connectivity index (χ0n) is 15.9. The van der Waals surface area contributed by atoms with Gasteiger partial charge in [0.2, 0.25) is 0 Å². The maximum Gasteiger partial charge on any atom is 0.254 e. The molecule has 4 heterocycles. The number of ether oxygens (including phenoxy) is 1. The van der Waals surface area contributed by atoms with E-state index in [4.69, 9.17) is 4.74 Å². The molecule has 2 saturated heterocycles. The highest BCUT2D eigenvalue weighted by molar-refractivity contribution is 5.99. The number of hydrogen-bond acceptors (Lipinski definition) is 4. The van der Waals surface area contributed by atoms with Crippen LogP contribution in [0.3, 0.4) is 0 Å². The Bertz CT molecular complexity index is 1010. The first kappa shape index (κ1) is 17.2. The van der Waals surface area contributed by atoms with Crippen molar-refractivity contribution < 1.29 is 9.53 Å². The van der Waals surface area contributed by atoms with E-state index in [9.17, 15) is 4.79 Å². The Morgan fingerprint density at radius 1 is 1.11 bits per heavy atom. The van der Waals surface area contributed by atoms with Gasteiger partial charge in [0.1, 0.15) is 11.9 Å². The summed E-state index contributed by atoms with van der Waals surface area (Å²) in [4.78, 5) is 24.0. The number of hydrogen-bond donors (Lipinski definition) is 0. The van der Waals surface area contributed by atoms with Crippen LogP contribution in [0.1, 0.15) is 41.6 Å². The number of fused-ring (bicyclic) bond motifs is 3. The number of aromatic nitrogens is 2. The molecule has 2 aromatic heterocycles. The zero-order valence-corrected chi connectivity index (χ0v) is 15.9. The molecule has 2 fully saturated rings. The Balaban J connectivity index is 1.36. The third kappa shape index (κ3) is 3.01. The number of carbonyl (C=O) groups excluding carboxylic acids is 1. The van der Waals surface area contributed by atoms with E-state index >= 15 is 0 Å². The van der Waals surface area contributed by atoms with E-state index in [0.29, 0.717) is 0 Å². The number of aryl methyl sites for hydroxylation is 1. The lowest BCUT2D eigenvalue weighted by atomic mass is 9.97. The molecule has 1 amide bonds. The highest BCUT2D eigenvalue weighted by atomic mass is 16.5. The average Bonchev–Trinajstić information content (AvgIpc) is 2.99. The summed E-state index contributed by atoms with van der Waals surface area (Å²) in [7, 11) is 0. The van der Waals surface area contributed by atoms with Gasteiger partial charge in [0, 0.05) is 48.3 Å². The molecule has 0 saturated carbocycles. The smallest absolute Gasteiger partial charge is 0.254 e. The van der Waals surface area contributed by atoms with Crippen LogP contribution in [0.25, 0.3) is 10.9 Å². The van der Waals surface area contributed by atoms with Crippen molar-refractivity contribution in [2.45, 2.75) is 50.8 Å². The quantitative estimate of drug-likeness (QED) is 0.692. The van der Waals surface area contributed by atoms with Crippen molar-refractivity contribution in [1.82, 2.24) is 14.9 Å². The topological polar surface area (TPSA) is 55.3 Å². The van der Waals surface area contributed by atoms with Crippen LogP contribution >= 0.6 is 0 Å². The van der Waals surface area contributed by atoms with E-state index in [1.165, 1.54) is 0 Å². The molecule has 0 spiro atoms. The van der Waals surface area contributed by atoms with Gasteiger partial charge in [-0.1, -0.05) is 0 Å². The van der Waals surface area contributed by atoms with Crippen molar-refractivity contribution in [2.75, 3.05) is 0 Å². The minimum absolute atomic E-state index is 0.137. The van der Waals surface area contributed by atoms with E-state index in [1.807, 2.05) is 42.6 Å². The summed E-state index contributed by atoms with van der Waals surface area (Å²) in [6, 6.07) is 12.2. The molecule has 0 aliphatic carbocycles. The van der Waals surface area contributed by atoms with E-state index in [-0.39, 0.29) is 24.1 Å². The van der Waals surface area contributed by atoms with Crippen molar-refractivity contribution >= 4 is 16.8 Å². The largest absolute Gasteiger partial charge is 0.489 e. The second-order valence-corrected chi connectivity index (χ2v) is 7.86. The van der Waals surface area contributed by atoms with Crippen LogP contribution in [-0.2, 0) is 0 Å². The van der Waals surface area contributed by atoms with Crippen LogP contribution in [0.4, 0.5) is 0 Å². The van der Waals surface area contributed by atoms with Crippen LogP contribution in [0.2, 0.25) is 0 Å². The minimum atomic E-state index is 0.137. The maximum absolute atomic E-state index is 13.3. The SMILES string of the molecule is Cc1ccnc2ccc(C(=O)N3[C@H]4CC[C@H]3CC(Oc3cccnc3)C4)cc12. The Morgan fingerprint density at radius 3 is 2.68 bits per heavy atom. The third-order valence-corrected chi connectivity index (χ3v) is 6.07. The van der Waals surface area contributed by atoms with E-state index in [1.54, 1.807) is 12.4 Å². The second kappa shape index (κ2) is 6.89. The number of pyridine rings is 2. The summed E-state index contributed by atoms with van der Waals surface area (Å²) < 4.78 is 6.13. The summed E-state index contributed by atoms with van der Waals surface area (Å²) in [5, 5.41) is 1.05. The van der Waals surface area contributed by atoms with Crippen LogP contribution in [-0.4, -0.2) is 39.0 Å². The summed E-state index contributed by atoms with van der Waals surface area (Å²) in [6.45, 7) is 2.06. The molecule has 2 bridgehead atoms. The van der Waals surface area contributed by atoms with Gasteiger partial charge in [-0.05, 0) is 61.7 Å². The Labute approximate surface area is 164 Å². The summed E-state index contributed by atoms with van der Waals surface area (Å²) in [5.74, 6) is 0.946. The molecule has 2 atom stereocenters. The number of rotatable bonds is 3. The number of carbonyl (C=O) groups is 1.